The van der Waals surface area contributed by atoms with E-state index in [4.69, 9.17) is 14.2 Å². The lowest BCUT2D eigenvalue weighted by molar-refractivity contribution is -0.160. The van der Waals surface area contributed by atoms with E-state index >= 15 is 0 Å². The van der Waals surface area contributed by atoms with Crippen molar-refractivity contribution in [2.45, 2.75) is 77.9 Å². The first-order valence-corrected chi connectivity index (χ1v) is 9.86. The summed E-state index contributed by atoms with van der Waals surface area (Å²) in [5.74, 6) is -0.448. The lowest BCUT2D eigenvalue weighted by Crippen LogP contribution is -2.26. The van der Waals surface area contributed by atoms with Crippen LogP contribution in [0.5, 0.6) is 0 Å². The molecule has 0 amide bonds. The van der Waals surface area contributed by atoms with Crippen LogP contribution in [0.4, 0.5) is 0 Å². The molecule has 0 unspecified atom stereocenters. The molecule has 1 rings (SSSR count). The van der Waals surface area contributed by atoms with Crippen LogP contribution >= 0.6 is 0 Å². The molecule has 0 spiro atoms. The fraction of sp³-hybridized carbons (Fsp3) is 0.636. The molecule has 0 saturated heterocycles. The minimum atomic E-state index is -0.464. The number of rotatable bonds is 13. The number of esters is 2. The Bertz CT molecular complexity index is 533. The van der Waals surface area contributed by atoms with Gasteiger partial charge in [0.2, 0.25) is 0 Å². The van der Waals surface area contributed by atoms with E-state index < -0.39 is 5.60 Å². The Hall–Kier alpha value is -1.88. The van der Waals surface area contributed by atoms with Crippen LogP contribution in [-0.2, 0) is 30.4 Å². The van der Waals surface area contributed by atoms with Crippen molar-refractivity contribution in [3.63, 3.8) is 0 Å². The van der Waals surface area contributed by atoms with Gasteiger partial charge in [0, 0.05) is 13.0 Å². The molecule has 5 nitrogen and oxygen atoms in total. The Balaban J connectivity index is 1.87. The van der Waals surface area contributed by atoms with E-state index in [2.05, 4.69) is 0 Å². The topological polar surface area (TPSA) is 61.8 Å². The van der Waals surface area contributed by atoms with Gasteiger partial charge in [-0.1, -0.05) is 56.0 Å². The lowest BCUT2D eigenvalue weighted by Gasteiger charge is -2.19. The highest BCUT2D eigenvalue weighted by Gasteiger charge is 2.15. The lowest BCUT2D eigenvalue weighted by atomic mass is 10.1. The highest BCUT2D eigenvalue weighted by molar-refractivity contribution is 5.71. The molecule has 0 aliphatic rings. The zero-order valence-corrected chi connectivity index (χ0v) is 17.0. The molecule has 1 aromatic rings. The van der Waals surface area contributed by atoms with E-state index in [1.54, 1.807) is 0 Å². The largest absolute Gasteiger partial charge is 0.461 e. The second kappa shape index (κ2) is 13.3. The molecule has 27 heavy (non-hydrogen) atoms. The maximum atomic E-state index is 11.7. The van der Waals surface area contributed by atoms with Crippen molar-refractivity contribution in [1.82, 2.24) is 0 Å². The molecule has 5 heteroatoms. The second-order valence-electron chi connectivity index (χ2n) is 7.66. The fourth-order valence-corrected chi connectivity index (χ4v) is 2.52. The molecule has 0 bridgehead atoms. The average molecular weight is 379 g/mol. The molecule has 0 aliphatic carbocycles. The Kier molecular flexibility index (Phi) is 11.4. The van der Waals surface area contributed by atoms with Crippen LogP contribution in [0, 0.1) is 0 Å². The van der Waals surface area contributed by atoms with E-state index in [-0.39, 0.29) is 18.5 Å². The number of unbranched alkanes of at least 4 members (excludes halogenated alkanes) is 5. The Morgan fingerprint density at radius 1 is 0.852 bits per heavy atom. The molecule has 0 atom stereocenters. The SMILES string of the molecule is CC(C)(C)OC(=O)COCCCCCCCCC(=O)OCc1ccccc1. The van der Waals surface area contributed by atoms with E-state index in [1.807, 2.05) is 51.1 Å². The number of benzene rings is 1. The molecule has 0 aliphatic heterocycles. The van der Waals surface area contributed by atoms with Gasteiger partial charge in [-0.3, -0.25) is 4.79 Å². The van der Waals surface area contributed by atoms with Crippen LogP contribution in [0.15, 0.2) is 30.3 Å². The molecule has 152 valence electrons. The van der Waals surface area contributed by atoms with Crippen molar-refractivity contribution in [2.24, 2.45) is 0 Å². The van der Waals surface area contributed by atoms with Gasteiger partial charge in [0.25, 0.3) is 0 Å². The zero-order valence-electron chi connectivity index (χ0n) is 17.0. The van der Waals surface area contributed by atoms with Gasteiger partial charge in [-0.15, -0.1) is 0 Å². The molecule has 0 aromatic heterocycles. The summed E-state index contributed by atoms with van der Waals surface area (Å²) in [6.45, 7) is 6.46. The molecule has 0 fully saturated rings. The van der Waals surface area contributed by atoms with Gasteiger partial charge in [0.15, 0.2) is 0 Å². The summed E-state index contributed by atoms with van der Waals surface area (Å²) in [4.78, 5) is 23.2. The van der Waals surface area contributed by atoms with Gasteiger partial charge < -0.3 is 14.2 Å². The maximum Gasteiger partial charge on any atom is 0.332 e. The molecular formula is C22H34O5. The molecule has 0 radical (unpaired) electrons. The summed E-state index contributed by atoms with van der Waals surface area (Å²) in [7, 11) is 0. The highest BCUT2D eigenvalue weighted by atomic mass is 16.6. The van der Waals surface area contributed by atoms with Gasteiger partial charge in [-0.2, -0.15) is 0 Å². The predicted octanol–water partition coefficient (Wildman–Crippen LogP) is 4.82. The summed E-state index contributed by atoms with van der Waals surface area (Å²) >= 11 is 0. The molecule has 0 saturated carbocycles. The van der Waals surface area contributed by atoms with Crippen molar-refractivity contribution < 1.29 is 23.8 Å². The number of carbonyl (C=O) groups is 2. The van der Waals surface area contributed by atoms with Crippen molar-refractivity contribution in [3.8, 4) is 0 Å². The monoisotopic (exact) mass is 378 g/mol. The normalized spacial score (nSPS) is 11.2. The van der Waals surface area contributed by atoms with Gasteiger partial charge in [-0.05, 0) is 39.2 Å². The number of carbonyl (C=O) groups excluding carboxylic acids is 2. The minimum Gasteiger partial charge on any atom is -0.461 e. The average Bonchev–Trinajstić information content (AvgIpc) is 2.61. The predicted molar refractivity (Wildman–Crippen MR) is 105 cm³/mol. The standard InChI is InChI=1S/C22H34O5/c1-22(2,3)27-21(24)18-25-16-12-7-5-4-6-11-15-20(23)26-17-19-13-9-8-10-14-19/h8-10,13-14H,4-7,11-12,15-18H2,1-3H3. The summed E-state index contributed by atoms with van der Waals surface area (Å²) in [5.41, 5.74) is 0.550. The first-order valence-electron chi connectivity index (χ1n) is 9.86. The van der Waals surface area contributed by atoms with Gasteiger partial charge >= 0.3 is 11.9 Å². The van der Waals surface area contributed by atoms with Crippen LogP contribution in [0.2, 0.25) is 0 Å². The van der Waals surface area contributed by atoms with Crippen molar-refractivity contribution >= 4 is 11.9 Å². The van der Waals surface area contributed by atoms with Gasteiger partial charge in [0.05, 0.1) is 0 Å². The summed E-state index contributed by atoms with van der Waals surface area (Å²) in [6.07, 6.45) is 6.56. The van der Waals surface area contributed by atoms with E-state index in [9.17, 15) is 9.59 Å². The van der Waals surface area contributed by atoms with E-state index in [1.165, 1.54) is 0 Å². The van der Waals surface area contributed by atoms with Crippen molar-refractivity contribution in [1.29, 1.82) is 0 Å². The van der Waals surface area contributed by atoms with E-state index in [0.29, 0.717) is 19.6 Å². The molecule has 0 heterocycles. The number of hydrogen-bond acceptors (Lipinski definition) is 5. The summed E-state index contributed by atoms with van der Waals surface area (Å²) in [6, 6.07) is 9.71. The van der Waals surface area contributed by atoms with Gasteiger partial charge in [-0.25, -0.2) is 4.79 Å². The van der Waals surface area contributed by atoms with Crippen molar-refractivity contribution in [3.05, 3.63) is 35.9 Å². The van der Waals surface area contributed by atoms with E-state index in [0.717, 1.165) is 44.1 Å². The minimum absolute atomic E-state index is 0.0162. The van der Waals surface area contributed by atoms with Crippen LogP contribution in [0.25, 0.3) is 0 Å². The quantitative estimate of drug-likeness (QED) is 0.364. The smallest absolute Gasteiger partial charge is 0.332 e. The second-order valence-corrected chi connectivity index (χ2v) is 7.66. The molecule has 1 aromatic carbocycles. The van der Waals surface area contributed by atoms with Crippen LogP contribution < -0.4 is 0 Å². The first kappa shape index (κ1) is 23.2. The Morgan fingerprint density at radius 2 is 1.48 bits per heavy atom. The highest BCUT2D eigenvalue weighted by Crippen LogP contribution is 2.10. The zero-order chi connectivity index (χ0) is 20.0. The summed E-state index contributed by atoms with van der Waals surface area (Å²) in [5, 5.41) is 0. The Morgan fingerprint density at radius 3 is 2.15 bits per heavy atom. The van der Waals surface area contributed by atoms with Crippen LogP contribution in [-0.4, -0.2) is 30.8 Å². The van der Waals surface area contributed by atoms with Crippen LogP contribution in [0.3, 0.4) is 0 Å². The third kappa shape index (κ3) is 13.9. The number of ether oxygens (including phenoxy) is 3. The van der Waals surface area contributed by atoms with Crippen LogP contribution in [0.1, 0.15) is 71.3 Å². The molecular weight excluding hydrogens is 344 g/mol. The number of hydrogen-bond donors (Lipinski definition) is 0. The van der Waals surface area contributed by atoms with Crippen molar-refractivity contribution in [2.75, 3.05) is 13.2 Å². The molecule has 0 N–H and O–H groups in total. The third-order valence-electron chi connectivity index (χ3n) is 3.80. The fourth-order valence-electron chi connectivity index (χ4n) is 2.52. The Labute approximate surface area is 163 Å². The van der Waals surface area contributed by atoms with Gasteiger partial charge in [0.1, 0.15) is 18.8 Å². The summed E-state index contributed by atoms with van der Waals surface area (Å²) < 4.78 is 15.8. The third-order valence-corrected chi connectivity index (χ3v) is 3.80. The maximum absolute atomic E-state index is 11.7. The first-order chi connectivity index (χ1) is 12.9.